The summed E-state index contributed by atoms with van der Waals surface area (Å²) in [5, 5.41) is 0. The molecule has 1 aliphatic heterocycles. The molecule has 1 saturated heterocycles. The van der Waals surface area contributed by atoms with Crippen molar-refractivity contribution < 1.29 is 9.53 Å². The van der Waals surface area contributed by atoms with Crippen molar-refractivity contribution >= 4 is 5.97 Å². The van der Waals surface area contributed by atoms with Crippen molar-refractivity contribution in [2.45, 2.75) is 13.3 Å². The van der Waals surface area contributed by atoms with Crippen LogP contribution in [0.5, 0.6) is 0 Å². The van der Waals surface area contributed by atoms with E-state index < -0.39 is 0 Å². The third-order valence-electron chi connectivity index (χ3n) is 1.98. The highest BCUT2D eigenvalue weighted by atomic mass is 16.5. The standard InChI is InChI=1S/C8H12O2/c1-3-6-5-10-8(9)7(6)4-2/h3,6-7H,1,4-5H2,2H3/t6-,7-/m0/s1. The fraction of sp³-hybridized carbons (Fsp3) is 0.625. The van der Waals surface area contributed by atoms with E-state index in [1.54, 1.807) is 6.08 Å². The Hall–Kier alpha value is -0.790. The van der Waals surface area contributed by atoms with Gasteiger partial charge in [0, 0.05) is 5.92 Å². The average Bonchev–Trinajstić information content (AvgIpc) is 2.30. The lowest BCUT2D eigenvalue weighted by Crippen LogP contribution is -2.12. The van der Waals surface area contributed by atoms with Crippen molar-refractivity contribution in [2.24, 2.45) is 11.8 Å². The maximum atomic E-state index is 10.9. The third-order valence-corrected chi connectivity index (χ3v) is 1.98. The number of ether oxygens (including phenoxy) is 1. The first-order valence-corrected chi connectivity index (χ1v) is 3.58. The molecule has 56 valence electrons. The van der Waals surface area contributed by atoms with Crippen molar-refractivity contribution in [3.05, 3.63) is 12.7 Å². The van der Waals surface area contributed by atoms with Crippen LogP contribution in [0.2, 0.25) is 0 Å². The minimum absolute atomic E-state index is 0.0626. The van der Waals surface area contributed by atoms with E-state index in [2.05, 4.69) is 6.58 Å². The van der Waals surface area contributed by atoms with Gasteiger partial charge in [-0.15, -0.1) is 6.58 Å². The second kappa shape index (κ2) is 2.86. The van der Waals surface area contributed by atoms with E-state index in [9.17, 15) is 4.79 Å². The van der Waals surface area contributed by atoms with Crippen LogP contribution in [-0.4, -0.2) is 12.6 Å². The van der Waals surface area contributed by atoms with E-state index >= 15 is 0 Å². The van der Waals surface area contributed by atoms with Crippen LogP contribution in [0.15, 0.2) is 12.7 Å². The predicted octanol–water partition coefficient (Wildman–Crippen LogP) is 1.37. The summed E-state index contributed by atoms with van der Waals surface area (Å²) >= 11 is 0. The van der Waals surface area contributed by atoms with Gasteiger partial charge in [-0.25, -0.2) is 0 Å². The number of hydrogen-bond donors (Lipinski definition) is 0. The molecule has 0 N–H and O–H groups in total. The highest BCUT2D eigenvalue weighted by Gasteiger charge is 2.32. The Morgan fingerprint density at radius 3 is 3.00 bits per heavy atom. The second-order valence-corrected chi connectivity index (χ2v) is 2.54. The normalized spacial score (nSPS) is 31.9. The van der Waals surface area contributed by atoms with Gasteiger partial charge < -0.3 is 4.74 Å². The Kier molecular flexibility index (Phi) is 2.10. The largest absolute Gasteiger partial charge is 0.465 e. The summed E-state index contributed by atoms with van der Waals surface area (Å²) in [6, 6.07) is 0. The molecule has 2 atom stereocenters. The van der Waals surface area contributed by atoms with Crippen molar-refractivity contribution in [1.82, 2.24) is 0 Å². The first kappa shape index (κ1) is 7.32. The average molecular weight is 140 g/mol. The summed E-state index contributed by atoms with van der Waals surface area (Å²) in [7, 11) is 0. The Labute approximate surface area is 60.9 Å². The van der Waals surface area contributed by atoms with E-state index in [0.29, 0.717) is 6.61 Å². The molecule has 0 unspecified atom stereocenters. The summed E-state index contributed by atoms with van der Waals surface area (Å²) in [5.41, 5.74) is 0. The molecule has 0 aromatic carbocycles. The lowest BCUT2D eigenvalue weighted by atomic mass is 9.93. The predicted molar refractivity (Wildman–Crippen MR) is 38.4 cm³/mol. The van der Waals surface area contributed by atoms with Gasteiger partial charge in [-0.05, 0) is 6.42 Å². The van der Waals surface area contributed by atoms with Gasteiger partial charge in [0.05, 0.1) is 12.5 Å². The molecule has 0 bridgehead atoms. The van der Waals surface area contributed by atoms with Gasteiger partial charge in [0.2, 0.25) is 0 Å². The summed E-state index contributed by atoms with van der Waals surface area (Å²) in [4.78, 5) is 10.9. The Morgan fingerprint density at radius 1 is 1.90 bits per heavy atom. The van der Waals surface area contributed by atoms with Gasteiger partial charge in [-0.3, -0.25) is 4.79 Å². The number of cyclic esters (lactones) is 1. The molecule has 0 radical (unpaired) electrons. The van der Waals surface area contributed by atoms with Crippen molar-refractivity contribution in [3.63, 3.8) is 0 Å². The lowest BCUT2D eigenvalue weighted by molar-refractivity contribution is -0.141. The fourth-order valence-corrected chi connectivity index (χ4v) is 1.28. The van der Waals surface area contributed by atoms with Crippen LogP contribution in [0.3, 0.4) is 0 Å². The zero-order chi connectivity index (χ0) is 7.56. The molecule has 2 heteroatoms. The van der Waals surface area contributed by atoms with Gasteiger partial charge >= 0.3 is 5.97 Å². The van der Waals surface area contributed by atoms with Crippen LogP contribution in [-0.2, 0) is 9.53 Å². The van der Waals surface area contributed by atoms with Crippen LogP contribution < -0.4 is 0 Å². The molecule has 0 spiro atoms. The van der Waals surface area contributed by atoms with E-state index in [1.165, 1.54) is 0 Å². The van der Waals surface area contributed by atoms with Crippen LogP contribution in [0, 0.1) is 11.8 Å². The molecule has 1 aliphatic rings. The molecule has 0 aromatic rings. The van der Waals surface area contributed by atoms with Crippen molar-refractivity contribution in [2.75, 3.05) is 6.61 Å². The Balaban J connectivity index is 2.62. The molecule has 0 aliphatic carbocycles. The Morgan fingerprint density at radius 2 is 2.60 bits per heavy atom. The monoisotopic (exact) mass is 140 g/mol. The number of hydrogen-bond acceptors (Lipinski definition) is 2. The number of carbonyl (C=O) groups is 1. The van der Waals surface area contributed by atoms with Gasteiger partial charge in [-0.1, -0.05) is 13.0 Å². The maximum absolute atomic E-state index is 10.9. The van der Waals surface area contributed by atoms with Gasteiger partial charge in [0.1, 0.15) is 0 Å². The topological polar surface area (TPSA) is 26.3 Å². The van der Waals surface area contributed by atoms with E-state index in [1.807, 2.05) is 6.92 Å². The molecular weight excluding hydrogens is 128 g/mol. The molecule has 1 rings (SSSR count). The smallest absolute Gasteiger partial charge is 0.309 e. The molecule has 1 heterocycles. The lowest BCUT2D eigenvalue weighted by Gasteiger charge is -2.05. The van der Waals surface area contributed by atoms with Crippen molar-refractivity contribution in [3.8, 4) is 0 Å². The first-order valence-electron chi connectivity index (χ1n) is 3.58. The van der Waals surface area contributed by atoms with E-state index in [4.69, 9.17) is 4.74 Å². The SMILES string of the molecule is C=C[C@H]1COC(=O)[C@H]1CC. The van der Waals surface area contributed by atoms with Gasteiger partial charge in [0.25, 0.3) is 0 Å². The maximum Gasteiger partial charge on any atom is 0.309 e. The van der Waals surface area contributed by atoms with Gasteiger partial charge in [0.15, 0.2) is 0 Å². The molecule has 1 fully saturated rings. The molecule has 0 saturated carbocycles. The highest BCUT2D eigenvalue weighted by Crippen LogP contribution is 2.25. The number of rotatable bonds is 2. The summed E-state index contributed by atoms with van der Waals surface area (Å²) in [6.07, 6.45) is 2.66. The zero-order valence-corrected chi connectivity index (χ0v) is 6.17. The minimum Gasteiger partial charge on any atom is -0.465 e. The quantitative estimate of drug-likeness (QED) is 0.427. The van der Waals surface area contributed by atoms with Crippen LogP contribution in [0.25, 0.3) is 0 Å². The Bertz CT molecular complexity index is 151. The molecule has 2 nitrogen and oxygen atoms in total. The van der Waals surface area contributed by atoms with Crippen LogP contribution >= 0.6 is 0 Å². The third kappa shape index (κ3) is 1.06. The summed E-state index contributed by atoms with van der Waals surface area (Å²) in [6.45, 7) is 6.17. The van der Waals surface area contributed by atoms with Crippen molar-refractivity contribution in [1.29, 1.82) is 0 Å². The summed E-state index contributed by atoms with van der Waals surface area (Å²) in [5.74, 6) is 0.252. The van der Waals surface area contributed by atoms with Gasteiger partial charge in [-0.2, -0.15) is 0 Å². The zero-order valence-electron chi connectivity index (χ0n) is 6.17. The molecule has 10 heavy (non-hydrogen) atoms. The van der Waals surface area contributed by atoms with E-state index in [-0.39, 0.29) is 17.8 Å². The first-order chi connectivity index (χ1) is 4.79. The molecule has 0 amide bonds. The fourth-order valence-electron chi connectivity index (χ4n) is 1.28. The molecular formula is C8H12O2. The number of carbonyl (C=O) groups excluding carboxylic acids is 1. The second-order valence-electron chi connectivity index (χ2n) is 2.54. The highest BCUT2D eigenvalue weighted by molar-refractivity contribution is 5.75. The van der Waals surface area contributed by atoms with E-state index in [0.717, 1.165) is 6.42 Å². The molecule has 0 aromatic heterocycles. The van der Waals surface area contributed by atoms with Crippen LogP contribution in [0.1, 0.15) is 13.3 Å². The number of esters is 1. The summed E-state index contributed by atoms with van der Waals surface area (Å²) < 4.78 is 4.85. The van der Waals surface area contributed by atoms with Crippen LogP contribution in [0.4, 0.5) is 0 Å². The minimum atomic E-state index is -0.0626.